The van der Waals surface area contributed by atoms with Gasteiger partial charge >= 0.3 is 6.09 Å². The fourth-order valence-electron chi connectivity index (χ4n) is 1.79. The third-order valence-electron chi connectivity index (χ3n) is 2.80. The molecule has 0 radical (unpaired) electrons. The summed E-state index contributed by atoms with van der Waals surface area (Å²) in [5.74, 6) is 0. The number of rotatable bonds is 6. The first-order valence-corrected chi connectivity index (χ1v) is 6.51. The SMILES string of the molecule is O=CNc1cccc(CNC(=O)OCc2ccccc2)c1. The number of benzene rings is 2. The van der Waals surface area contributed by atoms with Crippen LogP contribution in [0.1, 0.15) is 11.1 Å². The molecule has 5 nitrogen and oxygen atoms in total. The molecule has 2 amide bonds. The Morgan fingerprint density at radius 2 is 1.81 bits per heavy atom. The zero-order valence-corrected chi connectivity index (χ0v) is 11.4. The second-order valence-corrected chi connectivity index (χ2v) is 4.38. The van der Waals surface area contributed by atoms with Crippen LogP contribution in [0.4, 0.5) is 10.5 Å². The highest BCUT2D eigenvalue weighted by molar-refractivity contribution is 5.71. The van der Waals surface area contributed by atoms with Gasteiger partial charge in [0, 0.05) is 12.2 Å². The van der Waals surface area contributed by atoms with Gasteiger partial charge in [-0.05, 0) is 23.3 Å². The third kappa shape index (κ3) is 4.99. The molecule has 0 aromatic heterocycles. The molecule has 0 saturated heterocycles. The fraction of sp³-hybridized carbons (Fsp3) is 0.125. The molecule has 0 aliphatic rings. The van der Waals surface area contributed by atoms with E-state index in [1.165, 1.54) is 0 Å². The van der Waals surface area contributed by atoms with Gasteiger partial charge in [0.25, 0.3) is 0 Å². The molecule has 0 spiro atoms. The highest BCUT2D eigenvalue weighted by atomic mass is 16.5. The van der Waals surface area contributed by atoms with Crippen molar-refractivity contribution in [3.63, 3.8) is 0 Å². The van der Waals surface area contributed by atoms with Crippen molar-refractivity contribution in [2.45, 2.75) is 13.2 Å². The number of hydrogen-bond donors (Lipinski definition) is 2. The fourth-order valence-corrected chi connectivity index (χ4v) is 1.79. The van der Waals surface area contributed by atoms with Crippen LogP contribution in [0.15, 0.2) is 54.6 Å². The molecule has 108 valence electrons. The van der Waals surface area contributed by atoms with E-state index in [-0.39, 0.29) is 6.61 Å². The molecule has 0 saturated carbocycles. The number of carbonyl (C=O) groups is 2. The summed E-state index contributed by atoms with van der Waals surface area (Å²) < 4.78 is 5.11. The van der Waals surface area contributed by atoms with Crippen LogP contribution in [0.2, 0.25) is 0 Å². The van der Waals surface area contributed by atoms with Crippen molar-refractivity contribution in [3.8, 4) is 0 Å². The zero-order valence-electron chi connectivity index (χ0n) is 11.4. The lowest BCUT2D eigenvalue weighted by Gasteiger charge is -2.08. The van der Waals surface area contributed by atoms with Crippen molar-refractivity contribution < 1.29 is 14.3 Å². The molecule has 0 aliphatic carbocycles. The van der Waals surface area contributed by atoms with Crippen LogP contribution in [0.3, 0.4) is 0 Å². The monoisotopic (exact) mass is 284 g/mol. The van der Waals surface area contributed by atoms with E-state index < -0.39 is 6.09 Å². The van der Waals surface area contributed by atoms with E-state index in [0.717, 1.165) is 11.1 Å². The van der Waals surface area contributed by atoms with Crippen molar-refractivity contribution in [1.82, 2.24) is 5.32 Å². The Morgan fingerprint density at radius 1 is 1.05 bits per heavy atom. The van der Waals surface area contributed by atoms with Gasteiger partial charge in [-0.3, -0.25) is 4.79 Å². The Kier molecular flexibility index (Phi) is 5.34. The molecule has 21 heavy (non-hydrogen) atoms. The van der Waals surface area contributed by atoms with Crippen molar-refractivity contribution in [2.24, 2.45) is 0 Å². The molecule has 2 aromatic carbocycles. The summed E-state index contributed by atoms with van der Waals surface area (Å²) in [6.45, 7) is 0.571. The van der Waals surface area contributed by atoms with Crippen molar-refractivity contribution in [3.05, 3.63) is 65.7 Å². The van der Waals surface area contributed by atoms with Crippen LogP contribution in [0.25, 0.3) is 0 Å². The minimum Gasteiger partial charge on any atom is -0.445 e. The van der Waals surface area contributed by atoms with Crippen LogP contribution in [-0.2, 0) is 22.7 Å². The summed E-state index contributed by atoms with van der Waals surface area (Å²) >= 11 is 0. The minimum atomic E-state index is -0.479. The average molecular weight is 284 g/mol. The molecule has 0 heterocycles. The number of alkyl carbamates (subject to hydrolysis) is 1. The molecular weight excluding hydrogens is 268 g/mol. The Balaban J connectivity index is 1.78. The Hall–Kier alpha value is -2.82. The van der Waals surface area contributed by atoms with Gasteiger partial charge in [-0.15, -0.1) is 0 Å². The second kappa shape index (κ2) is 7.69. The smallest absolute Gasteiger partial charge is 0.407 e. The lowest BCUT2D eigenvalue weighted by atomic mass is 10.2. The highest BCUT2D eigenvalue weighted by Crippen LogP contribution is 2.09. The molecule has 0 unspecified atom stereocenters. The standard InChI is InChI=1S/C16H16N2O3/c19-12-18-15-8-4-7-14(9-15)10-17-16(20)21-11-13-5-2-1-3-6-13/h1-9,12H,10-11H2,(H,17,20)(H,18,19). The lowest BCUT2D eigenvalue weighted by molar-refractivity contribution is -0.105. The summed E-state index contributed by atoms with van der Waals surface area (Å²) in [7, 11) is 0. The zero-order chi connectivity index (χ0) is 14.9. The van der Waals surface area contributed by atoms with Crippen LogP contribution in [-0.4, -0.2) is 12.5 Å². The van der Waals surface area contributed by atoms with Gasteiger partial charge in [0.15, 0.2) is 0 Å². The number of anilines is 1. The van der Waals surface area contributed by atoms with Gasteiger partial charge in [-0.2, -0.15) is 0 Å². The molecular formula is C16H16N2O3. The Morgan fingerprint density at radius 3 is 2.57 bits per heavy atom. The Labute approximate surface area is 122 Å². The summed E-state index contributed by atoms with van der Waals surface area (Å²) in [5, 5.41) is 5.22. The predicted octanol–water partition coefficient (Wildman–Crippen LogP) is 2.68. The van der Waals surface area contributed by atoms with Crippen LogP contribution in [0, 0.1) is 0 Å². The molecule has 0 atom stereocenters. The summed E-state index contributed by atoms with van der Waals surface area (Å²) in [5.41, 5.74) is 2.49. The number of amides is 2. The first kappa shape index (κ1) is 14.6. The van der Waals surface area contributed by atoms with Gasteiger partial charge in [-0.1, -0.05) is 42.5 Å². The van der Waals surface area contributed by atoms with Gasteiger partial charge in [-0.25, -0.2) is 4.79 Å². The van der Waals surface area contributed by atoms with E-state index in [0.29, 0.717) is 18.6 Å². The molecule has 0 bridgehead atoms. The van der Waals surface area contributed by atoms with Crippen molar-refractivity contribution in [1.29, 1.82) is 0 Å². The summed E-state index contributed by atoms with van der Waals surface area (Å²) in [6, 6.07) is 16.7. The number of hydrogen-bond acceptors (Lipinski definition) is 3. The quantitative estimate of drug-likeness (QED) is 0.801. The van der Waals surface area contributed by atoms with Crippen LogP contribution in [0.5, 0.6) is 0 Å². The van der Waals surface area contributed by atoms with Crippen LogP contribution < -0.4 is 10.6 Å². The van der Waals surface area contributed by atoms with Gasteiger partial charge < -0.3 is 15.4 Å². The molecule has 0 fully saturated rings. The lowest BCUT2D eigenvalue weighted by Crippen LogP contribution is -2.23. The van der Waals surface area contributed by atoms with Crippen molar-refractivity contribution >= 4 is 18.2 Å². The second-order valence-electron chi connectivity index (χ2n) is 4.38. The Bertz CT molecular complexity index is 599. The number of nitrogens with one attached hydrogen (secondary N) is 2. The first-order chi connectivity index (χ1) is 10.3. The summed E-state index contributed by atoms with van der Waals surface area (Å²) in [6.07, 6.45) is 0.133. The maximum absolute atomic E-state index is 11.6. The maximum atomic E-state index is 11.6. The van der Waals surface area contributed by atoms with Gasteiger partial charge in [0.05, 0.1) is 0 Å². The van der Waals surface area contributed by atoms with Gasteiger partial charge in [0.2, 0.25) is 6.41 Å². The van der Waals surface area contributed by atoms with E-state index in [1.807, 2.05) is 36.4 Å². The van der Waals surface area contributed by atoms with E-state index >= 15 is 0 Å². The topological polar surface area (TPSA) is 67.4 Å². The van der Waals surface area contributed by atoms with Crippen LogP contribution >= 0.6 is 0 Å². The van der Waals surface area contributed by atoms with Gasteiger partial charge in [0.1, 0.15) is 6.61 Å². The normalized spacial score (nSPS) is 9.71. The maximum Gasteiger partial charge on any atom is 0.407 e. The van der Waals surface area contributed by atoms with E-state index in [9.17, 15) is 9.59 Å². The van der Waals surface area contributed by atoms with E-state index in [2.05, 4.69) is 10.6 Å². The molecule has 0 aliphatic heterocycles. The third-order valence-corrected chi connectivity index (χ3v) is 2.80. The number of ether oxygens (including phenoxy) is 1. The first-order valence-electron chi connectivity index (χ1n) is 6.51. The molecule has 2 N–H and O–H groups in total. The molecule has 5 heteroatoms. The van der Waals surface area contributed by atoms with E-state index in [4.69, 9.17) is 4.74 Å². The minimum absolute atomic E-state index is 0.236. The highest BCUT2D eigenvalue weighted by Gasteiger charge is 2.03. The largest absolute Gasteiger partial charge is 0.445 e. The predicted molar refractivity (Wildman–Crippen MR) is 79.6 cm³/mol. The molecule has 2 aromatic rings. The van der Waals surface area contributed by atoms with E-state index in [1.54, 1.807) is 18.2 Å². The average Bonchev–Trinajstić information content (AvgIpc) is 2.53. The summed E-state index contributed by atoms with van der Waals surface area (Å²) in [4.78, 5) is 22.0. The number of carbonyl (C=O) groups excluding carboxylic acids is 2. The van der Waals surface area contributed by atoms with Crippen molar-refractivity contribution in [2.75, 3.05) is 5.32 Å². The molecule has 2 rings (SSSR count).